The van der Waals surface area contributed by atoms with Gasteiger partial charge in [-0.25, -0.2) is 4.39 Å². The van der Waals surface area contributed by atoms with Gasteiger partial charge in [-0.15, -0.1) is 0 Å². The van der Waals surface area contributed by atoms with Gasteiger partial charge < -0.3 is 20.1 Å². The van der Waals surface area contributed by atoms with Crippen molar-refractivity contribution in [1.82, 2.24) is 10.2 Å². The zero-order valence-electron chi connectivity index (χ0n) is 17.9. The number of benzene rings is 2. The summed E-state index contributed by atoms with van der Waals surface area (Å²) in [5.74, 6) is -0.0532. The normalized spacial score (nSPS) is 19.0. The molecule has 31 heavy (non-hydrogen) atoms. The fourth-order valence-corrected chi connectivity index (χ4v) is 4.04. The average molecular weight is 429 g/mol. The van der Waals surface area contributed by atoms with E-state index < -0.39 is 11.6 Å². The number of rotatable bonds is 9. The number of carbonyl (C=O) groups is 2. The molecule has 7 heteroatoms. The van der Waals surface area contributed by atoms with Gasteiger partial charge in [0, 0.05) is 25.4 Å². The van der Waals surface area contributed by atoms with Gasteiger partial charge in [-0.1, -0.05) is 30.3 Å². The van der Waals surface area contributed by atoms with E-state index in [1.165, 1.54) is 18.1 Å². The van der Waals surface area contributed by atoms with Crippen molar-refractivity contribution in [3.63, 3.8) is 0 Å². The number of hydrogen-bond acceptors (Lipinski definition) is 4. The molecule has 0 aliphatic carbocycles. The lowest BCUT2D eigenvalue weighted by atomic mass is 9.84. The van der Waals surface area contributed by atoms with Crippen LogP contribution in [-0.4, -0.2) is 48.1 Å². The van der Waals surface area contributed by atoms with E-state index in [-0.39, 0.29) is 37.0 Å². The van der Waals surface area contributed by atoms with Gasteiger partial charge in [-0.2, -0.15) is 0 Å². The summed E-state index contributed by atoms with van der Waals surface area (Å²) >= 11 is 0. The Morgan fingerprint density at radius 3 is 2.68 bits per heavy atom. The van der Waals surface area contributed by atoms with Crippen LogP contribution in [0, 0.1) is 5.82 Å². The molecule has 0 bridgehead atoms. The van der Waals surface area contributed by atoms with E-state index in [0.717, 1.165) is 5.56 Å². The SMILES string of the molecule is COc1ccc(F)c(C[C@@]2(CCC(=O)N(C)C[C@@H](O)c3ccccc3)CCC(=O)N2)c1. The quantitative estimate of drug-likeness (QED) is 0.644. The van der Waals surface area contributed by atoms with E-state index >= 15 is 0 Å². The number of ether oxygens (including phenoxy) is 1. The van der Waals surface area contributed by atoms with Gasteiger partial charge in [0.25, 0.3) is 0 Å². The lowest BCUT2D eigenvalue weighted by molar-refractivity contribution is -0.132. The zero-order valence-corrected chi connectivity index (χ0v) is 17.9. The first-order valence-electron chi connectivity index (χ1n) is 10.4. The molecule has 1 heterocycles. The molecule has 1 fully saturated rings. The Morgan fingerprint density at radius 2 is 2.03 bits per heavy atom. The summed E-state index contributed by atoms with van der Waals surface area (Å²) in [5, 5.41) is 13.4. The highest BCUT2D eigenvalue weighted by atomic mass is 19.1. The Labute approximate surface area is 182 Å². The molecule has 0 unspecified atom stereocenters. The highest BCUT2D eigenvalue weighted by Crippen LogP contribution is 2.32. The number of amides is 2. The van der Waals surface area contributed by atoms with Crippen LogP contribution >= 0.6 is 0 Å². The summed E-state index contributed by atoms with van der Waals surface area (Å²) < 4.78 is 19.6. The van der Waals surface area contributed by atoms with Crippen LogP contribution in [0.25, 0.3) is 0 Å². The van der Waals surface area contributed by atoms with Crippen molar-refractivity contribution < 1.29 is 23.8 Å². The van der Waals surface area contributed by atoms with Crippen molar-refractivity contribution in [2.24, 2.45) is 0 Å². The summed E-state index contributed by atoms with van der Waals surface area (Å²) in [6.45, 7) is 0.173. The number of aliphatic hydroxyl groups is 1. The first-order chi connectivity index (χ1) is 14.8. The summed E-state index contributed by atoms with van der Waals surface area (Å²) in [6, 6.07) is 13.7. The number of nitrogens with one attached hydrogen (secondary N) is 1. The topological polar surface area (TPSA) is 78.9 Å². The number of aliphatic hydroxyl groups excluding tert-OH is 1. The maximum atomic E-state index is 14.4. The second-order valence-electron chi connectivity index (χ2n) is 8.16. The van der Waals surface area contributed by atoms with E-state index in [9.17, 15) is 19.1 Å². The third-order valence-corrected chi connectivity index (χ3v) is 5.89. The van der Waals surface area contributed by atoms with Crippen LogP contribution in [0.15, 0.2) is 48.5 Å². The van der Waals surface area contributed by atoms with Gasteiger partial charge in [0.1, 0.15) is 11.6 Å². The fourth-order valence-electron chi connectivity index (χ4n) is 4.04. The van der Waals surface area contributed by atoms with Gasteiger partial charge in [0.15, 0.2) is 0 Å². The number of methoxy groups -OCH3 is 1. The molecule has 1 aliphatic heterocycles. The van der Waals surface area contributed by atoms with Crippen LogP contribution in [0.1, 0.15) is 42.9 Å². The molecule has 2 aromatic carbocycles. The minimum Gasteiger partial charge on any atom is -0.497 e. The molecule has 2 N–H and O–H groups in total. The van der Waals surface area contributed by atoms with E-state index in [1.54, 1.807) is 19.2 Å². The number of nitrogens with zero attached hydrogens (tertiary/aromatic N) is 1. The molecule has 0 saturated carbocycles. The standard InChI is InChI=1S/C24H29FN2O4/c1-27(16-21(28)17-6-4-3-5-7-17)23(30)11-13-24(12-10-22(29)26-24)15-18-14-19(31-2)8-9-20(18)25/h3-9,14,21,28H,10-13,15-16H2,1-2H3,(H,26,29)/t21-,24+/m1/s1. The maximum absolute atomic E-state index is 14.4. The Morgan fingerprint density at radius 1 is 1.29 bits per heavy atom. The molecule has 0 radical (unpaired) electrons. The lowest BCUT2D eigenvalue weighted by Gasteiger charge is -2.30. The van der Waals surface area contributed by atoms with Crippen LogP contribution in [0.5, 0.6) is 5.75 Å². The summed E-state index contributed by atoms with van der Waals surface area (Å²) in [4.78, 5) is 26.2. The highest BCUT2D eigenvalue weighted by Gasteiger charge is 2.38. The second kappa shape index (κ2) is 9.92. The molecule has 166 valence electrons. The smallest absolute Gasteiger partial charge is 0.222 e. The average Bonchev–Trinajstić information content (AvgIpc) is 3.14. The Balaban J connectivity index is 1.64. The van der Waals surface area contributed by atoms with Crippen LogP contribution < -0.4 is 10.1 Å². The molecule has 2 aromatic rings. The predicted molar refractivity (Wildman–Crippen MR) is 115 cm³/mol. The van der Waals surface area contributed by atoms with Gasteiger partial charge in [-0.05, 0) is 48.6 Å². The van der Waals surface area contributed by atoms with E-state index in [2.05, 4.69) is 5.32 Å². The van der Waals surface area contributed by atoms with Crippen molar-refractivity contribution in [2.75, 3.05) is 20.7 Å². The van der Waals surface area contributed by atoms with Crippen molar-refractivity contribution in [3.8, 4) is 5.75 Å². The molecule has 2 atom stereocenters. The highest BCUT2D eigenvalue weighted by molar-refractivity contribution is 5.80. The van der Waals surface area contributed by atoms with Crippen molar-refractivity contribution in [3.05, 3.63) is 65.5 Å². The summed E-state index contributed by atoms with van der Waals surface area (Å²) in [5.41, 5.74) is 0.510. The third-order valence-electron chi connectivity index (χ3n) is 5.89. The minimum absolute atomic E-state index is 0.0939. The van der Waals surface area contributed by atoms with Crippen LogP contribution in [0.2, 0.25) is 0 Å². The molecular weight excluding hydrogens is 399 g/mol. The fraction of sp³-hybridized carbons (Fsp3) is 0.417. The van der Waals surface area contributed by atoms with Gasteiger partial charge in [-0.3, -0.25) is 9.59 Å². The number of halogens is 1. The van der Waals surface area contributed by atoms with E-state index in [0.29, 0.717) is 30.6 Å². The maximum Gasteiger partial charge on any atom is 0.222 e. The largest absolute Gasteiger partial charge is 0.497 e. The number of likely N-dealkylation sites (N-methyl/N-ethyl adjacent to an activating group) is 1. The van der Waals surface area contributed by atoms with Crippen molar-refractivity contribution in [2.45, 2.75) is 43.7 Å². The zero-order chi connectivity index (χ0) is 22.4. The Bertz CT molecular complexity index is 921. The number of hydrogen-bond donors (Lipinski definition) is 2. The number of carbonyl (C=O) groups excluding carboxylic acids is 2. The van der Waals surface area contributed by atoms with Crippen LogP contribution in [0.3, 0.4) is 0 Å². The molecule has 2 amide bonds. The van der Waals surface area contributed by atoms with Crippen LogP contribution in [-0.2, 0) is 16.0 Å². The Kier molecular flexibility index (Phi) is 7.28. The third kappa shape index (κ3) is 5.82. The first-order valence-corrected chi connectivity index (χ1v) is 10.4. The summed E-state index contributed by atoms with van der Waals surface area (Å²) in [6.07, 6.45) is 0.963. The summed E-state index contributed by atoms with van der Waals surface area (Å²) in [7, 11) is 3.17. The van der Waals surface area contributed by atoms with E-state index in [4.69, 9.17) is 4.74 Å². The molecule has 0 spiro atoms. The first kappa shape index (κ1) is 22.7. The van der Waals surface area contributed by atoms with Crippen LogP contribution in [0.4, 0.5) is 4.39 Å². The predicted octanol–water partition coefficient (Wildman–Crippen LogP) is 3.00. The van der Waals surface area contributed by atoms with Crippen molar-refractivity contribution in [1.29, 1.82) is 0 Å². The van der Waals surface area contributed by atoms with Crippen molar-refractivity contribution >= 4 is 11.8 Å². The molecule has 3 rings (SSSR count). The van der Waals surface area contributed by atoms with E-state index in [1.807, 2.05) is 30.3 Å². The van der Waals surface area contributed by atoms with Gasteiger partial charge >= 0.3 is 0 Å². The van der Waals surface area contributed by atoms with Gasteiger partial charge in [0.2, 0.25) is 11.8 Å². The molecule has 6 nitrogen and oxygen atoms in total. The second-order valence-corrected chi connectivity index (χ2v) is 8.16. The molecule has 1 saturated heterocycles. The molecular formula is C24H29FN2O4. The minimum atomic E-state index is -0.777. The van der Waals surface area contributed by atoms with Gasteiger partial charge in [0.05, 0.1) is 19.8 Å². The molecule has 0 aromatic heterocycles. The lowest BCUT2D eigenvalue weighted by Crippen LogP contribution is -2.45. The molecule has 1 aliphatic rings. The Hall–Kier alpha value is -2.93. The monoisotopic (exact) mass is 428 g/mol.